The Labute approximate surface area is 153 Å². The number of fused-ring (bicyclic) bond motifs is 2. The Morgan fingerprint density at radius 2 is 1.52 bits per heavy atom. The quantitative estimate of drug-likeness (QED) is 0.608. The number of benzene rings is 2. The molecule has 0 N–H and O–H groups in total. The first-order valence-electron chi connectivity index (χ1n) is 6.45. The average Bonchev–Trinajstić information content (AvgIpc) is 2.46. The van der Waals surface area contributed by atoms with E-state index in [1.165, 1.54) is 9.79 Å². The van der Waals surface area contributed by atoms with E-state index in [0.29, 0.717) is 13.0 Å². The molecule has 1 unspecified atom stereocenters. The van der Waals surface area contributed by atoms with Gasteiger partial charge in [-0.3, -0.25) is 4.21 Å². The topological polar surface area (TPSA) is 43.4 Å². The van der Waals surface area contributed by atoms with E-state index in [2.05, 4.69) is 29.2 Å². The van der Waals surface area contributed by atoms with Crippen molar-refractivity contribution in [1.82, 2.24) is 0 Å². The van der Waals surface area contributed by atoms with Crippen molar-refractivity contribution in [2.24, 2.45) is 0 Å². The average molecular weight is 327 g/mol. The van der Waals surface area contributed by atoms with Crippen LogP contribution in [0.25, 0.3) is 0 Å². The van der Waals surface area contributed by atoms with Crippen LogP contribution in [0.4, 0.5) is 11.4 Å². The predicted molar refractivity (Wildman–Crippen MR) is 82.4 cm³/mol. The van der Waals surface area contributed by atoms with Crippen LogP contribution in [0.2, 0.25) is 0 Å². The molecule has 3 rings (SSSR count). The first kappa shape index (κ1) is 17.1. The molecule has 0 bridgehead atoms. The van der Waals surface area contributed by atoms with Gasteiger partial charge in [0.2, 0.25) is 0 Å². The van der Waals surface area contributed by atoms with Gasteiger partial charge in [0.05, 0.1) is 11.4 Å². The molecule has 6 heteroatoms. The molecule has 2 aromatic carbocycles. The minimum absolute atomic E-state index is 0. The van der Waals surface area contributed by atoms with E-state index < -0.39 is 11.1 Å². The third-order valence-electron chi connectivity index (χ3n) is 3.22. The molecule has 1 atom stereocenters. The van der Waals surface area contributed by atoms with Gasteiger partial charge < -0.3 is 9.45 Å². The maximum Gasteiger partial charge on any atom is 1.00 e. The van der Waals surface area contributed by atoms with Crippen molar-refractivity contribution < 1.29 is 38.3 Å². The fraction of sp³-hybridized carbons (Fsp3) is 0.200. The van der Waals surface area contributed by atoms with Crippen LogP contribution in [0.15, 0.2) is 58.3 Å². The first-order chi connectivity index (χ1) is 9.75. The van der Waals surface area contributed by atoms with E-state index in [4.69, 9.17) is 0 Å². The third-order valence-corrected chi connectivity index (χ3v) is 4.98. The maximum atomic E-state index is 10.7. The first-order valence-corrected chi connectivity index (χ1v) is 8.51. The minimum Gasteiger partial charge on any atom is -0.772 e. The van der Waals surface area contributed by atoms with Gasteiger partial charge in [0.1, 0.15) is 0 Å². The summed E-state index contributed by atoms with van der Waals surface area (Å²) in [6.07, 6.45) is 0.628. The molecule has 0 amide bonds. The third kappa shape index (κ3) is 3.92. The molecule has 21 heavy (non-hydrogen) atoms. The molecule has 3 nitrogen and oxygen atoms in total. The normalized spacial score (nSPS) is 13.9. The molecule has 1 heterocycles. The van der Waals surface area contributed by atoms with Gasteiger partial charge in [-0.2, -0.15) is 0 Å². The second kappa shape index (κ2) is 7.81. The van der Waals surface area contributed by atoms with Crippen LogP contribution in [-0.4, -0.2) is 21.1 Å². The van der Waals surface area contributed by atoms with E-state index >= 15 is 0 Å². The summed E-state index contributed by atoms with van der Waals surface area (Å²) in [5.74, 6) is 0.202. The van der Waals surface area contributed by atoms with Crippen LogP contribution < -0.4 is 34.5 Å². The summed E-state index contributed by atoms with van der Waals surface area (Å²) in [7, 11) is 0. The van der Waals surface area contributed by atoms with Gasteiger partial charge in [0.25, 0.3) is 0 Å². The van der Waals surface area contributed by atoms with Crippen LogP contribution in [0.3, 0.4) is 0 Å². The van der Waals surface area contributed by atoms with Crippen molar-refractivity contribution in [2.45, 2.75) is 16.2 Å². The minimum atomic E-state index is -1.97. The van der Waals surface area contributed by atoms with E-state index in [0.717, 1.165) is 11.4 Å². The van der Waals surface area contributed by atoms with Crippen molar-refractivity contribution >= 4 is 34.2 Å². The van der Waals surface area contributed by atoms with Gasteiger partial charge in [-0.05, 0) is 30.7 Å². The van der Waals surface area contributed by atoms with Gasteiger partial charge in [-0.15, -0.1) is 0 Å². The summed E-state index contributed by atoms with van der Waals surface area (Å²) in [6.45, 7) is 0.711. The fourth-order valence-electron chi connectivity index (χ4n) is 2.36. The zero-order valence-electron chi connectivity index (χ0n) is 11.8. The summed E-state index contributed by atoms with van der Waals surface area (Å²) in [4.78, 5) is 4.65. The number of hydrogen-bond donors (Lipinski definition) is 0. The SMILES string of the molecule is O=S([O-])CCCN1c2ccccc2Sc2ccccc21.[Na+]. The molecule has 1 aliphatic rings. The zero-order valence-corrected chi connectivity index (χ0v) is 15.5. The summed E-state index contributed by atoms with van der Waals surface area (Å²) >= 11 is -0.205. The molecule has 0 saturated carbocycles. The van der Waals surface area contributed by atoms with E-state index in [-0.39, 0.29) is 35.3 Å². The molecule has 0 aromatic heterocycles. The Morgan fingerprint density at radius 1 is 1.00 bits per heavy atom. The molecule has 0 saturated heterocycles. The molecule has 2 aromatic rings. The van der Waals surface area contributed by atoms with Crippen molar-refractivity contribution in [3.63, 3.8) is 0 Å². The van der Waals surface area contributed by atoms with Crippen LogP contribution in [0.5, 0.6) is 0 Å². The van der Waals surface area contributed by atoms with Crippen LogP contribution >= 0.6 is 11.8 Å². The van der Waals surface area contributed by atoms with E-state index in [9.17, 15) is 8.76 Å². The molecule has 1 aliphatic heterocycles. The molecular weight excluding hydrogens is 313 g/mol. The number of para-hydroxylation sites is 2. The second-order valence-corrected chi connectivity index (χ2v) is 6.65. The predicted octanol–water partition coefficient (Wildman–Crippen LogP) is 0.562. The number of anilines is 2. The summed E-state index contributed by atoms with van der Waals surface area (Å²) in [5, 5.41) is 0. The number of rotatable bonds is 4. The van der Waals surface area contributed by atoms with Gasteiger partial charge in [0, 0.05) is 22.1 Å². The van der Waals surface area contributed by atoms with Crippen LogP contribution in [0, 0.1) is 0 Å². The summed E-state index contributed by atoms with van der Waals surface area (Å²) in [5.41, 5.74) is 2.32. The van der Waals surface area contributed by atoms with E-state index in [1.54, 1.807) is 11.8 Å². The standard InChI is InChI=1S/C15H15NO2S2.Na/c17-20(18)11-5-10-16-12-6-1-3-8-14(12)19-15-9-4-2-7-13(15)16;/h1-4,6-9H,5,10-11H2,(H,17,18);/q;+1/p-1. The molecule has 0 aliphatic carbocycles. The summed E-state index contributed by atoms with van der Waals surface area (Å²) < 4.78 is 21.4. The van der Waals surface area contributed by atoms with Crippen molar-refractivity contribution in [3.8, 4) is 0 Å². The Kier molecular flexibility index (Phi) is 6.34. The van der Waals surface area contributed by atoms with Crippen molar-refractivity contribution in [3.05, 3.63) is 48.5 Å². The van der Waals surface area contributed by atoms with Gasteiger partial charge in [-0.25, -0.2) is 0 Å². The largest absolute Gasteiger partial charge is 1.00 e. The van der Waals surface area contributed by atoms with Crippen LogP contribution in [-0.2, 0) is 11.1 Å². The number of nitrogens with zero attached hydrogens (tertiary/aromatic N) is 1. The van der Waals surface area contributed by atoms with Crippen LogP contribution in [0.1, 0.15) is 6.42 Å². The Bertz CT molecular complexity index is 606. The Hall–Kier alpha value is -0.300. The molecule has 0 spiro atoms. The zero-order chi connectivity index (χ0) is 13.9. The molecular formula is C15H14NNaO2S2. The van der Waals surface area contributed by atoms with Gasteiger partial charge in [0.15, 0.2) is 0 Å². The smallest absolute Gasteiger partial charge is 0.772 e. The molecule has 0 radical (unpaired) electrons. The van der Waals surface area contributed by atoms with Gasteiger partial charge in [-0.1, -0.05) is 47.1 Å². The number of hydrogen-bond acceptors (Lipinski definition) is 4. The monoisotopic (exact) mass is 327 g/mol. The second-order valence-electron chi connectivity index (χ2n) is 4.55. The van der Waals surface area contributed by atoms with Crippen molar-refractivity contribution in [1.29, 1.82) is 0 Å². The fourth-order valence-corrected chi connectivity index (χ4v) is 3.82. The maximum absolute atomic E-state index is 10.7. The summed E-state index contributed by atoms with van der Waals surface area (Å²) in [6, 6.07) is 16.5. The molecule has 0 fully saturated rings. The Balaban J connectivity index is 0.00000161. The van der Waals surface area contributed by atoms with E-state index in [1.807, 2.05) is 24.3 Å². The Morgan fingerprint density at radius 3 is 2.05 bits per heavy atom. The van der Waals surface area contributed by atoms with Gasteiger partial charge >= 0.3 is 29.6 Å². The van der Waals surface area contributed by atoms with Crippen molar-refractivity contribution in [2.75, 3.05) is 17.2 Å². The molecule has 104 valence electrons.